The highest BCUT2D eigenvalue weighted by Crippen LogP contribution is 2.36. The Labute approximate surface area is 193 Å². The van der Waals surface area contributed by atoms with Gasteiger partial charge in [0.25, 0.3) is 0 Å². The number of aliphatic hydroxyl groups excluding tert-OH is 1. The summed E-state index contributed by atoms with van der Waals surface area (Å²) in [4.78, 5) is 19.8. The second-order valence-corrected chi connectivity index (χ2v) is 8.48. The largest absolute Gasteiger partial charge is 0.479 e. The third-order valence-corrected chi connectivity index (χ3v) is 6.13. The molecular weight excluding hydrogens is 448 g/mol. The zero-order valence-electron chi connectivity index (χ0n) is 17.0. The molecule has 0 saturated carbocycles. The molecule has 0 amide bonds. The van der Waals surface area contributed by atoms with Crippen LogP contribution in [0.3, 0.4) is 0 Å². The lowest BCUT2D eigenvalue weighted by molar-refractivity contribution is -0.143. The molecule has 7 nitrogen and oxygen atoms in total. The molecule has 4 rings (SSSR count). The van der Waals surface area contributed by atoms with Gasteiger partial charge in [0.2, 0.25) is 0 Å². The summed E-state index contributed by atoms with van der Waals surface area (Å²) < 4.78 is 5.26. The molecule has 2 heterocycles. The van der Waals surface area contributed by atoms with Crippen molar-refractivity contribution in [2.75, 3.05) is 11.9 Å². The maximum absolute atomic E-state index is 11.3. The van der Waals surface area contributed by atoms with Crippen LogP contribution in [0.5, 0.6) is 0 Å². The quantitative estimate of drug-likeness (QED) is 0.330. The van der Waals surface area contributed by atoms with Gasteiger partial charge in [-0.05, 0) is 36.2 Å². The van der Waals surface area contributed by atoms with Crippen molar-refractivity contribution >= 4 is 57.0 Å². The first-order valence-corrected chi connectivity index (χ1v) is 10.8. The van der Waals surface area contributed by atoms with E-state index in [-0.39, 0.29) is 0 Å². The van der Waals surface area contributed by atoms with E-state index in [0.717, 1.165) is 15.8 Å². The molecule has 9 heteroatoms. The molecule has 2 aromatic heterocycles. The number of aliphatic hydroxyl groups is 1. The van der Waals surface area contributed by atoms with Gasteiger partial charge in [0.1, 0.15) is 5.52 Å². The van der Waals surface area contributed by atoms with Gasteiger partial charge in [-0.1, -0.05) is 54.1 Å². The van der Waals surface area contributed by atoms with Gasteiger partial charge >= 0.3 is 5.97 Å². The van der Waals surface area contributed by atoms with E-state index < -0.39 is 18.1 Å². The maximum Gasteiger partial charge on any atom is 0.333 e. The van der Waals surface area contributed by atoms with Crippen LogP contribution in [-0.2, 0) is 4.79 Å². The van der Waals surface area contributed by atoms with Crippen LogP contribution in [0.2, 0.25) is 5.02 Å². The van der Waals surface area contributed by atoms with E-state index in [9.17, 15) is 15.0 Å². The number of aromatic nitrogens is 2. The molecule has 4 aromatic rings. The van der Waals surface area contributed by atoms with E-state index in [1.807, 2.05) is 54.6 Å². The summed E-state index contributed by atoms with van der Waals surface area (Å²) in [7, 11) is 0. The molecule has 0 aliphatic carbocycles. The smallest absolute Gasteiger partial charge is 0.333 e. The van der Waals surface area contributed by atoms with Crippen LogP contribution < -0.4 is 5.32 Å². The van der Waals surface area contributed by atoms with Crippen molar-refractivity contribution in [1.29, 1.82) is 0 Å². The molecule has 0 fully saturated rings. The van der Waals surface area contributed by atoms with E-state index in [0.29, 0.717) is 27.6 Å². The average molecular weight is 467 g/mol. The van der Waals surface area contributed by atoms with Gasteiger partial charge in [0.05, 0.1) is 22.0 Å². The summed E-state index contributed by atoms with van der Waals surface area (Å²) in [5, 5.41) is 22.4. The van der Waals surface area contributed by atoms with Crippen molar-refractivity contribution in [3.8, 4) is 11.1 Å². The van der Waals surface area contributed by atoms with Crippen molar-refractivity contribution in [3.63, 3.8) is 0 Å². The zero-order valence-corrected chi connectivity index (χ0v) is 18.6. The van der Waals surface area contributed by atoms with Crippen LogP contribution >= 0.6 is 23.1 Å². The first-order valence-electron chi connectivity index (χ1n) is 9.67. The van der Waals surface area contributed by atoms with Gasteiger partial charge in [0, 0.05) is 23.5 Å². The van der Waals surface area contributed by atoms with Crippen LogP contribution in [0.1, 0.15) is 12.5 Å². The maximum atomic E-state index is 11.3. The molecule has 0 radical (unpaired) electrons. The van der Waals surface area contributed by atoms with E-state index in [1.54, 1.807) is 6.20 Å². The molecule has 1 unspecified atom stereocenters. The Hall–Kier alpha value is -3.33. The first-order chi connectivity index (χ1) is 15.4. The average Bonchev–Trinajstić information content (AvgIpc) is 3.21. The SMILES string of the molecule is CC(CO)(N=Cc1cnc2c(Nc3cccc(-c4ccccc4)c3Cl)nsc2c1)C(=O)O. The van der Waals surface area contributed by atoms with Crippen molar-refractivity contribution in [1.82, 2.24) is 9.36 Å². The Morgan fingerprint density at radius 2 is 2.03 bits per heavy atom. The summed E-state index contributed by atoms with van der Waals surface area (Å²) in [6, 6.07) is 17.5. The zero-order chi connectivity index (χ0) is 22.7. The predicted molar refractivity (Wildman–Crippen MR) is 128 cm³/mol. The number of aliphatic imine (C=N–C) groups is 1. The number of hydrogen-bond acceptors (Lipinski definition) is 7. The molecule has 2 aromatic carbocycles. The minimum atomic E-state index is -1.60. The van der Waals surface area contributed by atoms with Gasteiger partial charge in [-0.15, -0.1) is 0 Å². The molecule has 0 aliphatic rings. The monoisotopic (exact) mass is 466 g/mol. The minimum absolute atomic E-state index is 0.575. The molecule has 0 saturated heterocycles. The molecule has 0 spiro atoms. The van der Waals surface area contributed by atoms with Gasteiger partial charge < -0.3 is 15.5 Å². The van der Waals surface area contributed by atoms with Crippen LogP contribution in [0.25, 0.3) is 21.3 Å². The van der Waals surface area contributed by atoms with E-state index in [1.165, 1.54) is 24.7 Å². The lowest BCUT2D eigenvalue weighted by atomic mass is 10.1. The molecule has 32 heavy (non-hydrogen) atoms. The molecule has 162 valence electrons. The second-order valence-electron chi connectivity index (χ2n) is 7.30. The molecular formula is C23H19ClN4O3S. The number of carbonyl (C=O) groups is 1. The number of halogens is 1. The van der Waals surface area contributed by atoms with Crippen molar-refractivity contribution in [3.05, 3.63) is 71.4 Å². The highest BCUT2D eigenvalue weighted by molar-refractivity contribution is 7.13. The number of anilines is 2. The van der Waals surface area contributed by atoms with Crippen molar-refractivity contribution in [2.24, 2.45) is 4.99 Å². The first kappa shape index (κ1) is 21.9. The Morgan fingerprint density at radius 1 is 1.25 bits per heavy atom. The molecule has 3 N–H and O–H groups in total. The number of carboxylic acids is 1. The Bertz CT molecular complexity index is 1310. The second kappa shape index (κ2) is 9.04. The van der Waals surface area contributed by atoms with E-state index >= 15 is 0 Å². The summed E-state index contributed by atoms with van der Waals surface area (Å²) in [5.41, 5.74) is 2.31. The Kier molecular flexibility index (Phi) is 6.18. The lowest BCUT2D eigenvalue weighted by Gasteiger charge is -2.16. The highest BCUT2D eigenvalue weighted by atomic mass is 35.5. The molecule has 1 atom stereocenters. The van der Waals surface area contributed by atoms with Gasteiger partial charge in [-0.2, -0.15) is 4.37 Å². The number of nitrogens with one attached hydrogen (secondary N) is 1. The summed E-state index contributed by atoms with van der Waals surface area (Å²) >= 11 is 7.92. The minimum Gasteiger partial charge on any atom is -0.479 e. The number of pyridine rings is 1. The number of benzene rings is 2. The topological polar surface area (TPSA) is 108 Å². The number of carboxylic acid groups (broad SMARTS) is 1. The summed E-state index contributed by atoms with van der Waals surface area (Å²) in [6.07, 6.45) is 2.97. The van der Waals surface area contributed by atoms with E-state index in [2.05, 4.69) is 19.7 Å². The lowest BCUT2D eigenvalue weighted by Crippen LogP contribution is -2.37. The summed E-state index contributed by atoms with van der Waals surface area (Å²) in [6.45, 7) is 0.742. The summed E-state index contributed by atoms with van der Waals surface area (Å²) in [5.74, 6) is -0.629. The Balaban J connectivity index is 1.62. The third-order valence-electron chi connectivity index (χ3n) is 4.94. The predicted octanol–water partition coefficient (Wildman–Crippen LogP) is 5.01. The number of hydrogen-bond donors (Lipinski definition) is 3. The van der Waals surface area contributed by atoms with Crippen molar-refractivity contribution in [2.45, 2.75) is 12.5 Å². The van der Waals surface area contributed by atoms with Gasteiger partial charge in [0.15, 0.2) is 11.4 Å². The number of fused-ring (bicyclic) bond motifs is 1. The van der Waals surface area contributed by atoms with Crippen LogP contribution in [0.15, 0.2) is 65.8 Å². The number of nitrogens with zero attached hydrogens (tertiary/aromatic N) is 3. The highest BCUT2D eigenvalue weighted by Gasteiger charge is 2.31. The van der Waals surface area contributed by atoms with Gasteiger partial charge in [-0.25, -0.2) is 4.79 Å². The number of aliphatic carboxylic acids is 1. The molecule has 0 aliphatic heterocycles. The number of rotatable bonds is 7. The van der Waals surface area contributed by atoms with Crippen LogP contribution in [0, 0.1) is 0 Å². The Morgan fingerprint density at radius 3 is 2.75 bits per heavy atom. The van der Waals surface area contributed by atoms with Crippen molar-refractivity contribution < 1.29 is 15.0 Å². The fraction of sp³-hybridized carbons (Fsp3) is 0.130. The normalized spacial score (nSPS) is 13.3. The fourth-order valence-corrected chi connectivity index (χ4v) is 4.00. The fourth-order valence-electron chi connectivity index (χ4n) is 2.98. The standard InChI is InChI=1S/C23H19ClN4O3S/c1-23(13-29,22(30)31)26-12-14-10-18-20(25-11-14)21(28-32-18)27-17-9-5-8-16(19(17)24)15-6-3-2-4-7-15/h2-12,29H,13H2,1H3,(H,27,28)(H,30,31). The van der Waals surface area contributed by atoms with Gasteiger partial charge in [-0.3, -0.25) is 9.98 Å². The third kappa shape index (κ3) is 4.34. The van der Waals surface area contributed by atoms with Crippen LogP contribution in [0.4, 0.5) is 11.5 Å². The van der Waals surface area contributed by atoms with Crippen LogP contribution in [-0.4, -0.2) is 43.9 Å². The molecule has 0 bridgehead atoms. The van der Waals surface area contributed by atoms with E-state index in [4.69, 9.17) is 11.6 Å².